The average Bonchev–Trinajstić information content (AvgIpc) is 2.45. The first-order valence-corrected chi connectivity index (χ1v) is 6.24. The van der Waals surface area contributed by atoms with Gasteiger partial charge < -0.3 is 4.74 Å². The summed E-state index contributed by atoms with van der Waals surface area (Å²) in [5.74, 6) is -0.212. The molecule has 0 radical (unpaired) electrons. The van der Waals surface area contributed by atoms with Crippen molar-refractivity contribution < 1.29 is 13.9 Å². The maximum Gasteiger partial charge on any atom is 0.196 e. The second-order valence-corrected chi connectivity index (χ2v) is 4.19. The number of ketones is 1. The molecule has 0 heterocycles. The number of benzene rings is 2. The highest BCUT2D eigenvalue weighted by atomic mass is 19.1. The van der Waals surface area contributed by atoms with E-state index in [1.165, 1.54) is 12.1 Å². The molecule has 0 fully saturated rings. The molecule has 3 heteroatoms. The van der Waals surface area contributed by atoms with Gasteiger partial charge in [-0.25, -0.2) is 4.39 Å². The first kappa shape index (κ1) is 13.3. The normalized spacial score (nSPS) is 10.2. The van der Waals surface area contributed by atoms with Gasteiger partial charge in [0.1, 0.15) is 11.6 Å². The molecule has 0 N–H and O–H groups in total. The van der Waals surface area contributed by atoms with Crippen molar-refractivity contribution in [3.8, 4) is 5.75 Å². The van der Waals surface area contributed by atoms with E-state index in [9.17, 15) is 9.18 Å². The van der Waals surface area contributed by atoms with Crippen LogP contribution in [-0.4, -0.2) is 12.4 Å². The zero-order valence-corrected chi connectivity index (χ0v) is 10.7. The molecule has 0 spiro atoms. The largest absolute Gasteiger partial charge is 0.494 e. The number of halogens is 1. The zero-order chi connectivity index (χ0) is 13.7. The molecule has 0 saturated heterocycles. The number of carbonyl (C=O) groups is 1. The minimum absolute atomic E-state index is 0.0788. The summed E-state index contributed by atoms with van der Waals surface area (Å²) in [6.45, 7) is 2.60. The number of hydrogen-bond acceptors (Lipinski definition) is 2. The van der Waals surface area contributed by atoms with Gasteiger partial charge in [0.2, 0.25) is 0 Å². The van der Waals surface area contributed by atoms with Gasteiger partial charge in [0.15, 0.2) is 5.78 Å². The summed E-state index contributed by atoms with van der Waals surface area (Å²) in [6, 6.07) is 12.8. The predicted molar refractivity (Wildman–Crippen MR) is 72.1 cm³/mol. The third kappa shape index (κ3) is 3.19. The molecule has 0 amide bonds. The van der Waals surface area contributed by atoms with Crippen molar-refractivity contribution in [2.45, 2.75) is 13.3 Å². The van der Waals surface area contributed by atoms with Gasteiger partial charge in [-0.15, -0.1) is 0 Å². The fourth-order valence-corrected chi connectivity index (χ4v) is 1.75. The van der Waals surface area contributed by atoms with Crippen molar-refractivity contribution in [1.29, 1.82) is 0 Å². The molecular formula is C16H15FO2. The van der Waals surface area contributed by atoms with Crippen LogP contribution in [0.4, 0.5) is 4.39 Å². The Balaban J connectivity index is 2.27. The first-order valence-electron chi connectivity index (χ1n) is 6.24. The Labute approximate surface area is 111 Å². The van der Waals surface area contributed by atoms with E-state index in [1.807, 2.05) is 6.92 Å². The molecule has 98 valence electrons. The smallest absolute Gasteiger partial charge is 0.196 e. The summed E-state index contributed by atoms with van der Waals surface area (Å²) < 4.78 is 19.0. The van der Waals surface area contributed by atoms with Crippen LogP contribution in [0.5, 0.6) is 5.75 Å². The summed E-state index contributed by atoms with van der Waals surface area (Å²) in [6.07, 6.45) is 0.894. The van der Waals surface area contributed by atoms with Crippen LogP contribution in [-0.2, 0) is 0 Å². The van der Waals surface area contributed by atoms with Crippen LogP contribution in [0.25, 0.3) is 0 Å². The molecule has 2 aromatic carbocycles. The highest BCUT2D eigenvalue weighted by Gasteiger charge is 2.13. The molecule has 2 rings (SSSR count). The molecule has 0 aliphatic heterocycles. The van der Waals surface area contributed by atoms with Crippen LogP contribution >= 0.6 is 0 Å². The van der Waals surface area contributed by atoms with Crippen LogP contribution in [0.1, 0.15) is 29.3 Å². The summed E-state index contributed by atoms with van der Waals surface area (Å²) >= 11 is 0. The van der Waals surface area contributed by atoms with Gasteiger partial charge in [0, 0.05) is 5.56 Å². The molecule has 19 heavy (non-hydrogen) atoms. The van der Waals surface area contributed by atoms with Crippen LogP contribution in [0, 0.1) is 5.82 Å². The average molecular weight is 258 g/mol. The van der Waals surface area contributed by atoms with E-state index >= 15 is 0 Å². The van der Waals surface area contributed by atoms with Crippen molar-refractivity contribution in [2.75, 3.05) is 6.61 Å². The maximum absolute atomic E-state index is 13.6. The lowest BCUT2D eigenvalue weighted by atomic mass is 10.0. The predicted octanol–water partition coefficient (Wildman–Crippen LogP) is 3.85. The summed E-state index contributed by atoms with van der Waals surface area (Å²) in [7, 11) is 0. The fraction of sp³-hybridized carbons (Fsp3) is 0.188. The Morgan fingerprint density at radius 2 is 1.95 bits per heavy atom. The lowest BCUT2D eigenvalue weighted by molar-refractivity contribution is 0.103. The Morgan fingerprint density at radius 1 is 1.16 bits per heavy atom. The van der Waals surface area contributed by atoms with Crippen molar-refractivity contribution in [1.82, 2.24) is 0 Å². The van der Waals surface area contributed by atoms with Crippen molar-refractivity contribution in [3.63, 3.8) is 0 Å². The molecule has 2 nitrogen and oxygen atoms in total. The van der Waals surface area contributed by atoms with Crippen LogP contribution in [0.15, 0.2) is 48.5 Å². The maximum atomic E-state index is 13.6. The number of hydrogen-bond donors (Lipinski definition) is 0. The van der Waals surface area contributed by atoms with Crippen LogP contribution < -0.4 is 4.74 Å². The second kappa shape index (κ2) is 6.14. The van der Waals surface area contributed by atoms with Gasteiger partial charge in [0.05, 0.1) is 12.2 Å². The van der Waals surface area contributed by atoms with E-state index in [1.54, 1.807) is 36.4 Å². The Kier molecular flexibility index (Phi) is 4.29. The molecule has 0 aromatic heterocycles. The molecule has 0 aliphatic carbocycles. The van der Waals surface area contributed by atoms with Crippen molar-refractivity contribution in [3.05, 3.63) is 65.5 Å². The first-order chi connectivity index (χ1) is 9.22. The lowest BCUT2D eigenvalue weighted by Crippen LogP contribution is -2.04. The minimum Gasteiger partial charge on any atom is -0.494 e. The van der Waals surface area contributed by atoms with Gasteiger partial charge in [0.25, 0.3) is 0 Å². The standard InChI is InChI=1S/C16H15FO2/c1-2-10-19-13-7-5-6-12(11-13)16(18)14-8-3-4-9-15(14)17/h3-9,11H,2,10H2,1H3. The van der Waals surface area contributed by atoms with Gasteiger partial charge in [-0.2, -0.15) is 0 Å². The second-order valence-electron chi connectivity index (χ2n) is 4.19. The Bertz CT molecular complexity index is 578. The fourth-order valence-electron chi connectivity index (χ4n) is 1.75. The van der Waals surface area contributed by atoms with E-state index in [0.29, 0.717) is 17.9 Å². The van der Waals surface area contributed by atoms with Crippen molar-refractivity contribution in [2.24, 2.45) is 0 Å². The third-order valence-corrected chi connectivity index (χ3v) is 2.69. The van der Waals surface area contributed by atoms with E-state index < -0.39 is 5.82 Å². The molecule has 0 bridgehead atoms. The van der Waals surface area contributed by atoms with E-state index in [0.717, 1.165) is 6.42 Å². The highest BCUT2D eigenvalue weighted by molar-refractivity contribution is 6.09. The molecule has 0 unspecified atom stereocenters. The van der Waals surface area contributed by atoms with Gasteiger partial charge >= 0.3 is 0 Å². The van der Waals surface area contributed by atoms with E-state index in [4.69, 9.17) is 4.74 Å². The van der Waals surface area contributed by atoms with E-state index in [2.05, 4.69) is 0 Å². The SMILES string of the molecule is CCCOc1cccc(C(=O)c2ccccc2F)c1. The molecule has 2 aromatic rings. The zero-order valence-electron chi connectivity index (χ0n) is 10.7. The molecular weight excluding hydrogens is 243 g/mol. The quantitative estimate of drug-likeness (QED) is 0.761. The number of rotatable bonds is 5. The Hall–Kier alpha value is -2.16. The molecule has 0 aliphatic rings. The van der Waals surface area contributed by atoms with E-state index in [-0.39, 0.29) is 11.3 Å². The molecule has 0 atom stereocenters. The van der Waals surface area contributed by atoms with Crippen LogP contribution in [0.2, 0.25) is 0 Å². The van der Waals surface area contributed by atoms with Gasteiger partial charge in [-0.05, 0) is 30.7 Å². The Morgan fingerprint density at radius 3 is 2.68 bits per heavy atom. The molecule has 0 saturated carbocycles. The highest BCUT2D eigenvalue weighted by Crippen LogP contribution is 2.18. The summed E-state index contributed by atoms with van der Waals surface area (Å²) in [4.78, 5) is 12.2. The number of carbonyl (C=O) groups excluding carboxylic acids is 1. The minimum atomic E-state index is -0.507. The van der Waals surface area contributed by atoms with Crippen LogP contribution in [0.3, 0.4) is 0 Å². The monoisotopic (exact) mass is 258 g/mol. The third-order valence-electron chi connectivity index (χ3n) is 2.69. The summed E-state index contributed by atoms with van der Waals surface area (Å²) in [5.41, 5.74) is 0.508. The van der Waals surface area contributed by atoms with Gasteiger partial charge in [-0.3, -0.25) is 4.79 Å². The summed E-state index contributed by atoms with van der Waals surface area (Å²) in [5, 5.41) is 0. The van der Waals surface area contributed by atoms with Crippen molar-refractivity contribution >= 4 is 5.78 Å². The lowest BCUT2D eigenvalue weighted by Gasteiger charge is -2.07. The number of ether oxygens (including phenoxy) is 1. The topological polar surface area (TPSA) is 26.3 Å². The van der Waals surface area contributed by atoms with Gasteiger partial charge in [-0.1, -0.05) is 31.2 Å².